The van der Waals surface area contributed by atoms with Gasteiger partial charge in [-0.25, -0.2) is 0 Å². The summed E-state index contributed by atoms with van der Waals surface area (Å²) in [5, 5.41) is 0. The number of hydrogen-bond donors (Lipinski definition) is 0. The molecule has 0 aromatic rings. The van der Waals surface area contributed by atoms with E-state index in [-0.39, 0.29) is 29.7 Å². The first-order valence-corrected chi connectivity index (χ1v) is 1.20. The van der Waals surface area contributed by atoms with Crippen molar-refractivity contribution in [3.05, 3.63) is 0 Å². The largest absolute Gasteiger partial charge is 2.00 e. The third kappa shape index (κ3) is 124. The smallest absolute Gasteiger partial charge is 0.300 e. The Labute approximate surface area is 48.7 Å². The maximum Gasteiger partial charge on any atom is 2.00 e. The van der Waals surface area contributed by atoms with Crippen LogP contribution in [0.5, 0.6) is 0 Å². The van der Waals surface area contributed by atoms with E-state index < -0.39 is 0 Å². The third-order valence-corrected chi connectivity index (χ3v) is 0. The van der Waals surface area contributed by atoms with Crippen molar-refractivity contribution in [1.82, 2.24) is 0 Å². The van der Waals surface area contributed by atoms with Gasteiger partial charge in [0.1, 0.15) is 5.78 Å². The van der Waals surface area contributed by atoms with Gasteiger partial charge in [0.2, 0.25) is 0 Å². The molecular weight excluding hydrogens is 171 g/mol. The number of ketones is 1. The van der Waals surface area contributed by atoms with Crippen LogP contribution in [0, 0.1) is 0 Å². The second kappa shape index (κ2) is 4.47. The van der Waals surface area contributed by atoms with E-state index in [2.05, 4.69) is 0 Å². The second-order valence-corrected chi connectivity index (χ2v) is 0.908. The van der Waals surface area contributed by atoms with Gasteiger partial charge in [-0.2, -0.15) is 0 Å². The van der Waals surface area contributed by atoms with Gasteiger partial charge in [0.15, 0.2) is 0 Å². The summed E-state index contributed by atoms with van der Waals surface area (Å²) in [5.41, 5.74) is 0. The number of hydrogen-bond acceptors (Lipinski definition) is 1. The van der Waals surface area contributed by atoms with Gasteiger partial charge in [-0.3, -0.25) is 0 Å². The van der Waals surface area contributed by atoms with Gasteiger partial charge >= 0.3 is 23.9 Å². The van der Waals surface area contributed by atoms with Crippen LogP contribution in [0.1, 0.15) is 13.8 Å². The topological polar surface area (TPSA) is 17.1 Å². The van der Waals surface area contributed by atoms with Crippen molar-refractivity contribution in [1.29, 1.82) is 0 Å². The Hall–Kier alpha value is 0.469. The fourth-order valence-corrected chi connectivity index (χ4v) is 0. The molecule has 0 aliphatic heterocycles. The Bertz CT molecular complexity index is 29.9. The predicted molar refractivity (Wildman–Crippen MR) is 22.1 cm³/mol. The van der Waals surface area contributed by atoms with Crippen LogP contribution in [0.25, 0.3) is 0 Å². The molecule has 0 aromatic heterocycles. The molecule has 5 heavy (non-hydrogen) atoms. The minimum absolute atomic E-state index is 0. The summed E-state index contributed by atoms with van der Waals surface area (Å²) in [6, 6.07) is 0. The van der Waals surface area contributed by atoms with Gasteiger partial charge in [-0.15, -0.1) is 0 Å². The first-order chi connectivity index (χ1) is 1.73. The van der Waals surface area contributed by atoms with Crippen molar-refractivity contribution in [2.45, 2.75) is 13.8 Å². The van der Waals surface area contributed by atoms with E-state index in [1.165, 1.54) is 13.8 Å². The Morgan fingerprint density at radius 1 is 1.40 bits per heavy atom. The number of Topliss-reactive ketones (excluding diaryl/α,β-unsaturated/α-hetero) is 1. The van der Waals surface area contributed by atoms with E-state index in [1.807, 2.05) is 0 Å². The fraction of sp³-hybridized carbons (Fsp3) is 0.667. The molecule has 0 atom stereocenters. The van der Waals surface area contributed by atoms with Crippen LogP contribution in [-0.2, 0) is 4.79 Å². The van der Waals surface area contributed by atoms with E-state index in [0.29, 0.717) is 0 Å². The van der Waals surface area contributed by atoms with E-state index >= 15 is 0 Å². The molecule has 0 amide bonds. The van der Waals surface area contributed by atoms with Crippen LogP contribution in [0.15, 0.2) is 0 Å². The van der Waals surface area contributed by atoms with Gasteiger partial charge in [-0.1, -0.05) is 0 Å². The van der Waals surface area contributed by atoms with Crippen molar-refractivity contribution in [3.63, 3.8) is 0 Å². The summed E-state index contributed by atoms with van der Waals surface area (Å²) in [7, 11) is 0. The van der Waals surface area contributed by atoms with Crippen LogP contribution < -0.4 is 0 Å². The van der Waals surface area contributed by atoms with Crippen molar-refractivity contribution in [2.75, 3.05) is 0 Å². The van der Waals surface area contributed by atoms with Gasteiger partial charge in [0, 0.05) is 0 Å². The molecule has 0 N–H and O–H groups in total. The van der Waals surface area contributed by atoms with E-state index in [9.17, 15) is 4.79 Å². The molecule has 0 fully saturated rings. The zero-order valence-electron chi connectivity index (χ0n) is 3.41. The molecule has 0 spiro atoms. The standard InChI is InChI=1S/C3H6O.Sn/c1-3(2)4;/h1-2H3;/q;+2. The van der Waals surface area contributed by atoms with E-state index in [0.717, 1.165) is 0 Å². The summed E-state index contributed by atoms with van der Waals surface area (Å²) in [6.07, 6.45) is 0. The van der Waals surface area contributed by atoms with Gasteiger partial charge in [0.05, 0.1) is 0 Å². The fourth-order valence-electron chi connectivity index (χ4n) is 0. The second-order valence-electron chi connectivity index (χ2n) is 0.908. The number of carbonyl (C=O) groups is 1. The van der Waals surface area contributed by atoms with Crippen molar-refractivity contribution < 1.29 is 4.79 Å². The molecule has 0 saturated carbocycles. The molecule has 0 aliphatic carbocycles. The van der Waals surface area contributed by atoms with Crippen molar-refractivity contribution >= 4 is 29.7 Å². The Kier molecular flexibility index (Phi) is 8.11. The van der Waals surface area contributed by atoms with Gasteiger partial charge in [-0.05, 0) is 13.8 Å². The molecule has 0 rings (SSSR count). The zero-order chi connectivity index (χ0) is 3.58. The van der Waals surface area contributed by atoms with Gasteiger partial charge in [0.25, 0.3) is 0 Å². The third-order valence-electron chi connectivity index (χ3n) is 0. The van der Waals surface area contributed by atoms with Crippen LogP contribution in [0.3, 0.4) is 0 Å². The SMILES string of the molecule is CC(C)=O.[Sn+2]. The minimum Gasteiger partial charge on any atom is -0.300 e. The normalized spacial score (nSPS) is 5.20. The average Bonchev–Trinajstić information content (AvgIpc) is 0.811. The maximum absolute atomic E-state index is 9.44. The Morgan fingerprint density at radius 3 is 1.40 bits per heavy atom. The molecule has 2 radical (unpaired) electrons. The summed E-state index contributed by atoms with van der Waals surface area (Å²) >= 11 is 0. The monoisotopic (exact) mass is 178 g/mol. The molecular formula is C3H6OSn+2. The molecule has 0 aromatic carbocycles. The summed E-state index contributed by atoms with van der Waals surface area (Å²) in [5.74, 6) is 0.167. The van der Waals surface area contributed by atoms with E-state index in [4.69, 9.17) is 0 Å². The van der Waals surface area contributed by atoms with Crippen LogP contribution in [0.4, 0.5) is 0 Å². The maximum atomic E-state index is 9.44. The number of carbonyl (C=O) groups excluding carboxylic acids is 1. The average molecular weight is 177 g/mol. The molecule has 0 heterocycles. The van der Waals surface area contributed by atoms with Crippen molar-refractivity contribution in [2.24, 2.45) is 0 Å². The molecule has 1 nitrogen and oxygen atoms in total. The zero-order valence-corrected chi connectivity index (χ0v) is 6.26. The molecule has 0 saturated heterocycles. The Balaban J connectivity index is 0. The number of rotatable bonds is 0. The predicted octanol–water partition coefficient (Wildman–Crippen LogP) is 0.214. The molecule has 0 bridgehead atoms. The molecule has 0 unspecified atom stereocenters. The minimum atomic E-state index is 0. The van der Waals surface area contributed by atoms with Crippen LogP contribution >= 0.6 is 0 Å². The molecule has 2 heteroatoms. The summed E-state index contributed by atoms with van der Waals surface area (Å²) in [6.45, 7) is 3.06. The van der Waals surface area contributed by atoms with Gasteiger partial charge < -0.3 is 4.79 Å². The molecule has 0 aliphatic rings. The van der Waals surface area contributed by atoms with Crippen molar-refractivity contribution in [3.8, 4) is 0 Å². The Morgan fingerprint density at radius 2 is 1.40 bits per heavy atom. The van der Waals surface area contributed by atoms with Crippen LogP contribution in [-0.4, -0.2) is 29.7 Å². The first-order valence-electron chi connectivity index (χ1n) is 1.20. The summed E-state index contributed by atoms with van der Waals surface area (Å²) < 4.78 is 0. The summed E-state index contributed by atoms with van der Waals surface area (Å²) in [4.78, 5) is 9.44. The quantitative estimate of drug-likeness (QED) is 0.483. The van der Waals surface area contributed by atoms with Crippen LogP contribution in [0.2, 0.25) is 0 Å². The van der Waals surface area contributed by atoms with E-state index in [1.54, 1.807) is 0 Å². The first kappa shape index (κ1) is 9.08. The molecule has 26 valence electrons.